The average molecular weight is 308 g/mol. The number of hydrogen-bond acceptors (Lipinski definition) is 4. The number of aromatic nitrogens is 2. The van der Waals surface area contributed by atoms with Crippen LogP contribution in [0.25, 0.3) is 0 Å². The van der Waals surface area contributed by atoms with Crippen molar-refractivity contribution < 1.29 is 5.21 Å². The lowest BCUT2D eigenvalue weighted by Gasteiger charge is -2.02. The molecule has 0 aromatic carbocycles. The van der Waals surface area contributed by atoms with Gasteiger partial charge in [0.2, 0.25) is 5.95 Å². The van der Waals surface area contributed by atoms with E-state index in [9.17, 15) is 5.21 Å². The molecule has 126 valence electrons. The molecule has 1 rings (SSSR count). The monoisotopic (exact) mass is 308 g/mol. The Balaban J connectivity index is 1.99. The third kappa shape index (κ3) is 8.05. The predicted octanol–water partition coefficient (Wildman–Crippen LogP) is 3.91. The van der Waals surface area contributed by atoms with E-state index >= 15 is 0 Å². The van der Waals surface area contributed by atoms with E-state index in [2.05, 4.69) is 16.9 Å². The molecule has 1 heterocycles. The van der Waals surface area contributed by atoms with Crippen molar-refractivity contribution >= 4 is 5.95 Å². The lowest BCUT2D eigenvalue weighted by molar-refractivity contribution is 0.175. The van der Waals surface area contributed by atoms with Crippen LogP contribution >= 0.6 is 0 Å². The van der Waals surface area contributed by atoms with Gasteiger partial charge in [0.15, 0.2) is 5.49 Å². The molecule has 1 aromatic heterocycles. The zero-order valence-electron chi connectivity index (χ0n) is 14.0. The molecule has 0 fully saturated rings. The fraction of sp³-hybridized carbons (Fsp3) is 0.765. The van der Waals surface area contributed by atoms with Gasteiger partial charge in [0.05, 0.1) is 0 Å². The van der Waals surface area contributed by atoms with Gasteiger partial charge in [0.25, 0.3) is 0 Å². The highest BCUT2D eigenvalue weighted by Crippen LogP contribution is 2.11. The highest BCUT2D eigenvalue weighted by atomic mass is 16.5. The molecule has 0 atom stereocenters. The summed E-state index contributed by atoms with van der Waals surface area (Å²) in [5.74, 6) is 0.0696. The molecular weight excluding hydrogens is 276 g/mol. The van der Waals surface area contributed by atoms with E-state index in [0.29, 0.717) is 5.49 Å². The number of nitrogens with zero attached hydrogens (tertiary/aromatic N) is 3. The number of anilines is 1. The van der Waals surface area contributed by atoms with Crippen LogP contribution in [0, 0.1) is 0 Å². The first kappa shape index (κ1) is 18.5. The van der Waals surface area contributed by atoms with Gasteiger partial charge in [-0.2, -0.15) is 0 Å². The minimum absolute atomic E-state index is 0.0696. The quantitative estimate of drug-likeness (QED) is 0.454. The Morgan fingerprint density at radius 1 is 1.00 bits per heavy atom. The fourth-order valence-corrected chi connectivity index (χ4v) is 2.51. The van der Waals surface area contributed by atoms with Crippen molar-refractivity contribution in [2.75, 3.05) is 12.3 Å². The number of nitrogen functional groups attached to an aromatic ring is 1. The van der Waals surface area contributed by atoms with Crippen LogP contribution in [0.3, 0.4) is 0 Å². The molecule has 5 nitrogen and oxygen atoms in total. The van der Waals surface area contributed by atoms with Crippen molar-refractivity contribution in [3.63, 3.8) is 0 Å². The lowest BCUT2D eigenvalue weighted by Crippen LogP contribution is -2.22. The smallest absolute Gasteiger partial charge is 0.236 e. The van der Waals surface area contributed by atoms with Crippen LogP contribution in [0.4, 0.5) is 5.95 Å². The van der Waals surface area contributed by atoms with E-state index in [0.717, 1.165) is 17.7 Å². The minimum Gasteiger partial charge on any atom is -0.423 e. The Bertz CT molecular complexity index is 456. The predicted molar refractivity (Wildman–Crippen MR) is 90.7 cm³/mol. The largest absolute Gasteiger partial charge is 0.423 e. The maximum absolute atomic E-state index is 9.61. The van der Waals surface area contributed by atoms with E-state index in [4.69, 9.17) is 5.73 Å². The summed E-state index contributed by atoms with van der Waals surface area (Å²) in [6, 6.07) is 1.66. The van der Waals surface area contributed by atoms with Gasteiger partial charge in [-0.1, -0.05) is 71.1 Å². The second-order valence-corrected chi connectivity index (χ2v) is 5.89. The number of unbranched alkanes of at least 4 members (excludes halogenated alkanes) is 10. The van der Waals surface area contributed by atoms with Crippen LogP contribution in [0.5, 0.6) is 0 Å². The maximum Gasteiger partial charge on any atom is 0.236 e. The van der Waals surface area contributed by atoms with Gasteiger partial charge in [-0.15, -0.1) is 4.73 Å². The summed E-state index contributed by atoms with van der Waals surface area (Å²) in [6.07, 6.45) is 16.1. The minimum atomic E-state index is 0.0696. The Morgan fingerprint density at radius 2 is 1.55 bits per heavy atom. The summed E-state index contributed by atoms with van der Waals surface area (Å²) < 4.78 is 0.832. The molecule has 0 bridgehead atoms. The van der Waals surface area contributed by atoms with Crippen molar-refractivity contribution in [1.29, 1.82) is 0 Å². The molecule has 1 aromatic rings. The van der Waals surface area contributed by atoms with Crippen molar-refractivity contribution in [1.82, 2.24) is 9.71 Å². The first-order valence-electron chi connectivity index (χ1n) is 8.79. The van der Waals surface area contributed by atoms with Crippen LogP contribution in [-0.4, -0.2) is 21.5 Å². The van der Waals surface area contributed by atoms with Crippen molar-refractivity contribution in [3.8, 4) is 0 Å². The first-order chi connectivity index (χ1) is 10.8. The molecule has 3 N–H and O–H groups in total. The van der Waals surface area contributed by atoms with Gasteiger partial charge in [0, 0.05) is 18.8 Å². The summed E-state index contributed by atoms with van der Waals surface area (Å²) >= 11 is 0. The number of hydrogen-bond donors (Lipinski definition) is 2. The van der Waals surface area contributed by atoms with Crippen molar-refractivity contribution in [2.24, 2.45) is 4.99 Å². The Hall–Kier alpha value is -1.52. The summed E-state index contributed by atoms with van der Waals surface area (Å²) in [5, 5.41) is 9.61. The van der Waals surface area contributed by atoms with E-state index in [-0.39, 0.29) is 5.95 Å². The zero-order chi connectivity index (χ0) is 16.0. The summed E-state index contributed by atoms with van der Waals surface area (Å²) in [6.45, 7) is 2.98. The third-order valence-electron chi connectivity index (χ3n) is 3.90. The van der Waals surface area contributed by atoms with Crippen LogP contribution in [0.15, 0.2) is 17.3 Å². The van der Waals surface area contributed by atoms with E-state index < -0.39 is 0 Å². The molecule has 0 radical (unpaired) electrons. The lowest BCUT2D eigenvalue weighted by atomic mass is 10.1. The average Bonchev–Trinajstić information content (AvgIpc) is 2.52. The van der Waals surface area contributed by atoms with Gasteiger partial charge in [-0.05, 0) is 6.42 Å². The molecule has 0 amide bonds. The molecule has 0 spiro atoms. The van der Waals surface area contributed by atoms with Crippen LogP contribution in [-0.2, 0) is 0 Å². The number of nitrogens with two attached hydrogens (primary N) is 1. The second-order valence-electron chi connectivity index (χ2n) is 5.89. The van der Waals surface area contributed by atoms with Crippen molar-refractivity contribution in [3.05, 3.63) is 17.8 Å². The molecule has 5 heteroatoms. The molecule has 0 aliphatic heterocycles. The first-order valence-corrected chi connectivity index (χ1v) is 8.79. The van der Waals surface area contributed by atoms with E-state index in [1.54, 1.807) is 12.3 Å². The van der Waals surface area contributed by atoms with E-state index in [1.165, 1.54) is 64.2 Å². The highest BCUT2D eigenvalue weighted by molar-refractivity contribution is 5.13. The third-order valence-corrected chi connectivity index (χ3v) is 3.90. The van der Waals surface area contributed by atoms with Gasteiger partial charge in [-0.3, -0.25) is 4.99 Å². The summed E-state index contributed by atoms with van der Waals surface area (Å²) in [7, 11) is 0. The molecule has 22 heavy (non-hydrogen) atoms. The van der Waals surface area contributed by atoms with Gasteiger partial charge >= 0.3 is 0 Å². The second kappa shape index (κ2) is 12.1. The zero-order valence-corrected chi connectivity index (χ0v) is 14.0. The Labute approximate surface area is 134 Å². The van der Waals surface area contributed by atoms with Crippen LogP contribution < -0.4 is 11.2 Å². The summed E-state index contributed by atoms with van der Waals surface area (Å²) in [5.41, 5.74) is 5.97. The van der Waals surface area contributed by atoms with Gasteiger partial charge in [-0.25, -0.2) is 4.98 Å². The van der Waals surface area contributed by atoms with Crippen molar-refractivity contribution in [2.45, 2.75) is 77.6 Å². The maximum atomic E-state index is 9.61. The molecule has 0 aliphatic carbocycles. The Kier molecular flexibility index (Phi) is 10.2. The SMILES string of the molecule is CCCCCCCCCCCCCN=c1ccnc(N)n1O. The number of rotatable bonds is 12. The fourth-order valence-electron chi connectivity index (χ4n) is 2.51. The molecular formula is C17H32N4O. The van der Waals surface area contributed by atoms with E-state index in [1.807, 2.05) is 0 Å². The van der Waals surface area contributed by atoms with Crippen LogP contribution in [0.2, 0.25) is 0 Å². The normalized spacial score (nSPS) is 12.0. The highest BCUT2D eigenvalue weighted by Gasteiger charge is 1.96. The Morgan fingerprint density at radius 3 is 2.14 bits per heavy atom. The molecule has 0 aliphatic rings. The van der Waals surface area contributed by atoms with Gasteiger partial charge < -0.3 is 10.9 Å². The topological polar surface area (TPSA) is 76.4 Å². The molecule has 0 unspecified atom stereocenters. The van der Waals surface area contributed by atoms with Gasteiger partial charge in [0.1, 0.15) is 0 Å². The molecule has 0 saturated heterocycles. The van der Waals surface area contributed by atoms with Crippen LogP contribution in [0.1, 0.15) is 77.6 Å². The standard InChI is InChI=1S/C17H32N4O/c1-2-3-4-5-6-7-8-9-10-11-12-14-19-16-13-15-20-17(18)21(16)22/h13,15,22H,2-12,14H2,1H3,(H2,18,20). The molecule has 0 saturated carbocycles. The summed E-state index contributed by atoms with van der Waals surface area (Å²) in [4.78, 5) is 8.11.